The highest BCUT2D eigenvalue weighted by Gasteiger charge is 2.17. The van der Waals surface area contributed by atoms with Gasteiger partial charge in [-0.25, -0.2) is 4.98 Å². The quantitative estimate of drug-likeness (QED) is 0.819. The number of nitrogens with zero attached hydrogens (tertiary/aromatic N) is 6. The Bertz CT molecular complexity index is 687. The molecule has 0 aromatic carbocycles. The summed E-state index contributed by atoms with van der Waals surface area (Å²) >= 11 is 0. The summed E-state index contributed by atoms with van der Waals surface area (Å²) in [6.07, 6.45) is 1.62. The molecular formula is C17H20N6O. The number of nitriles is 1. The molecule has 0 aliphatic carbocycles. The Labute approximate surface area is 141 Å². The lowest BCUT2D eigenvalue weighted by Crippen LogP contribution is -2.47. The Morgan fingerprint density at radius 2 is 1.96 bits per heavy atom. The highest BCUT2D eigenvalue weighted by Crippen LogP contribution is 2.14. The number of piperazine rings is 1. The van der Waals surface area contributed by atoms with Crippen LogP contribution in [0.15, 0.2) is 30.5 Å². The molecule has 24 heavy (non-hydrogen) atoms. The molecule has 3 rings (SSSR count). The van der Waals surface area contributed by atoms with E-state index in [9.17, 15) is 0 Å². The van der Waals surface area contributed by atoms with Crippen molar-refractivity contribution in [2.24, 2.45) is 0 Å². The second kappa shape index (κ2) is 7.70. The molecular weight excluding hydrogens is 304 g/mol. The maximum Gasteiger partial charge on any atom is 0.233 e. The van der Waals surface area contributed by atoms with Gasteiger partial charge in [0.1, 0.15) is 18.5 Å². The van der Waals surface area contributed by atoms with Crippen molar-refractivity contribution in [1.82, 2.24) is 20.1 Å². The third-order valence-corrected chi connectivity index (χ3v) is 4.00. The van der Waals surface area contributed by atoms with Gasteiger partial charge in [0.15, 0.2) is 0 Å². The molecule has 124 valence electrons. The lowest BCUT2D eigenvalue weighted by molar-refractivity contribution is 0.195. The van der Waals surface area contributed by atoms with E-state index in [-0.39, 0.29) is 0 Å². The molecule has 7 nitrogen and oxygen atoms in total. The molecule has 7 heteroatoms. The molecule has 1 fully saturated rings. The first-order valence-electron chi connectivity index (χ1n) is 8.01. The lowest BCUT2D eigenvalue weighted by atomic mass is 10.2. The summed E-state index contributed by atoms with van der Waals surface area (Å²) in [5, 5.41) is 16.8. The first-order valence-corrected chi connectivity index (χ1v) is 8.01. The summed E-state index contributed by atoms with van der Waals surface area (Å²) in [6.45, 7) is 7.14. The van der Waals surface area contributed by atoms with E-state index >= 15 is 0 Å². The van der Waals surface area contributed by atoms with Crippen LogP contribution < -0.4 is 9.64 Å². The molecule has 0 radical (unpaired) electrons. The zero-order valence-corrected chi connectivity index (χ0v) is 13.7. The average molecular weight is 324 g/mol. The first kappa shape index (κ1) is 16.1. The molecule has 0 bridgehead atoms. The highest BCUT2D eigenvalue weighted by molar-refractivity contribution is 5.42. The second-order valence-electron chi connectivity index (χ2n) is 5.71. The van der Waals surface area contributed by atoms with Crippen molar-refractivity contribution in [2.45, 2.75) is 6.92 Å². The molecule has 1 saturated heterocycles. The van der Waals surface area contributed by atoms with Gasteiger partial charge in [0.25, 0.3) is 0 Å². The van der Waals surface area contributed by atoms with Gasteiger partial charge in [0.05, 0.1) is 11.3 Å². The molecule has 0 N–H and O–H groups in total. The smallest absolute Gasteiger partial charge is 0.233 e. The van der Waals surface area contributed by atoms with Crippen LogP contribution in [0.5, 0.6) is 5.88 Å². The summed E-state index contributed by atoms with van der Waals surface area (Å²) in [6, 6.07) is 9.55. The van der Waals surface area contributed by atoms with Crippen molar-refractivity contribution in [3.05, 3.63) is 41.7 Å². The van der Waals surface area contributed by atoms with Crippen LogP contribution in [-0.4, -0.2) is 59.4 Å². The number of pyridine rings is 1. The predicted molar refractivity (Wildman–Crippen MR) is 89.9 cm³/mol. The number of anilines is 1. The van der Waals surface area contributed by atoms with Crippen LogP contribution in [0.1, 0.15) is 11.3 Å². The third kappa shape index (κ3) is 4.18. The van der Waals surface area contributed by atoms with Gasteiger partial charge in [-0.3, -0.25) is 4.90 Å². The number of ether oxygens (including phenoxy) is 1. The monoisotopic (exact) mass is 324 g/mol. The summed E-state index contributed by atoms with van der Waals surface area (Å²) < 4.78 is 5.63. The van der Waals surface area contributed by atoms with E-state index < -0.39 is 0 Å². The molecule has 0 spiro atoms. The van der Waals surface area contributed by atoms with Crippen molar-refractivity contribution in [3.63, 3.8) is 0 Å². The minimum absolute atomic E-state index is 0.570. The van der Waals surface area contributed by atoms with Gasteiger partial charge in [0.2, 0.25) is 5.88 Å². The van der Waals surface area contributed by atoms with E-state index in [1.807, 2.05) is 31.2 Å². The fourth-order valence-electron chi connectivity index (χ4n) is 2.58. The number of aryl methyl sites for hydroxylation is 1. The maximum absolute atomic E-state index is 8.82. The zero-order valence-electron chi connectivity index (χ0n) is 13.7. The van der Waals surface area contributed by atoms with Crippen LogP contribution in [0.25, 0.3) is 0 Å². The molecule has 0 amide bonds. The van der Waals surface area contributed by atoms with Crippen LogP contribution >= 0.6 is 0 Å². The van der Waals surface area contributed by atoms with E-state index in [4.69, 9.17) is 10.00 Å². The number of rotatable bonds is 5. The fourth-order valence-corrected chi connectivity index (χ4v) is 2.58. The molecule has 1 aliphatic rings. The molecule has 0 unspecified atom stereocenters. The van der Waals surface area contributed by atoms with Crippen LogP contribution in [0.2, 0.25) is 0 Å². The second-order valence-corrected chi connectivity index (χ2v) is 5.71. The number of hydrogen-bond acceptors (Lipinski definition) is 7. The number of hydrogen-bond donors (Lipinski definition) is 0. The van der Waals surface area contributed by atoms with Crippen molar-refractivity contribution < 1.29 is 4.74 Å². The van der Waals surface area contributed by atoms with Crippen molar-refractivity contribution >= 4 is 5.82 Å². The molecule has 2 aromatic rings. The van der Waals surface area contributed by atoms with Gasteiger partial charge in [0, 0.05) is 45.0 Å². The summed E-state index contributed by atoms with van der Waals surface area (Å²) in [7, 11) is 0. The Morgan fingerprint density at radius 1 is 1.12 bits per heavy atom. The minimum Gasteiger partial charge on any atom is -0.475 e. The van der Waals surface area contributed by atoms with Gasteiger partial charge in [-0.15, -0.1) is 5.10 Å². The topological polar surface area (TPSA) is 78.2 Å². The lowest BCUT2D eigenvalue weighted by Gasteiger charge is -2.35. The van der Waals surface area contributed by atoms with Crippen molar-refractivity contribution in [2.75, 3.05) is 44.2 Å². The van der Waals surface area contributed by atoms with E-state index in [0.717, 1.165) is 44.2 Å². The normalized spacial score (nSPS) is 15.1. The molecule has 2 aromatic heterocycles. The van der Waals surface area contributed by atoms with Gasteiger partial charge in [-0.05, 0) is 25.1 Å². The van der Waals surface area contributed by atoms with Gasteiger partial charge >= 0.3 is 0 Å². The standard InChI is InChI=1S/C17H20N6O/c1-14-2-5-17(21-20-14)24-11-10-22-6-8-23(9-7-22)16-4-3-15(12-18)13-19-16/h2-5,13H,6-11H2,1H3. The molecule has 0 saturated carbocycles. The Kier molecular flexibility index (Phi) is 5.18. The molecule has 1 aliphatic heterocycles. The zero-order chi connectivity index (χ0) is 16.8. The predicted octanol–water partition coefficient (Wildman–Crippen LogP) is 1.25. The van der Waals surface area contributed by atoms with Crippen LogP contribution in [-0.2, 0) is 0 Å². The van der Waals surface area contributed by atoms with Gasteiger partial charge < -0.3 is 9.64 Å². The van der Waals surface area contributed by atoms with Crippen molar-refractivity contribution in [1.29, 1.82) is 5.26 Å². The molecule has 3 heterocycles. The minimum atomic E-state index is 0.570. The van der Waals surface area contributed by atoms with Crippen LogP contribution in [0.3, 0.4) is 0 Å². The highest BCUT2D eigenvalue weighted by atomic mass is 16.5. The van der Waals surface area contributed by atoms with Crippen LogP contribution in [0, 0.1) is 18.3 Å². The van der Waals surface area contributed by atoms with E-state index in [0.29, 0.717) is 18.1 Å². The SMILES string of the molecule is Cc1ccc(OCCN2CCN(c3ccc(C#N)cn3)CC2)nn1. The maximum atomic E-state index is 8.82. The Hall–Kier alpha value is -2.72. The number of aromatic nitrogens is 3. The fraction of sp³-hybridized carbons (Fsp3) is 0.412. The average Bonchev–Trinajstić information content (AvgIpc) is 2.64. The summed E-state index contributed by atoms with van der Waals surface area (Å²) in [5.74, 6) is 1.50. The van der Waals surface area contributed by atoms with Gasteiger partial charge in [-0.2, -0.15) is 10.4 Å². The van der Waals surface area contributed by atoms with E-state index in [1.54, 1.807) is 6.20 Å². The van der Waals surface area contributed by atoms with E-state index in [2.05, 4.69) is 31.1 Å². The Balaban J connectivity index is 1.41. The van der Waals surface area contributed by atoms with Gasteiger partial charge in [-0.1, -0.05) is 0 Å². The molecule has 0 atom stereocenters. The largest absolute Gasteiger partial charge is 0.475 e. The van der Waals surface area contributed by atoms with E-state index in [1.165, 1.54) is 0 Å². The first-order chi connectivity index (χ1) is 11.7. The third-order valence-electron chi connectivity index (χ3n) is 4.00. The van der Waals surface area contributed by atoms with Crippen LogP contribution in [0.4, 0.5) is 5.82 Å². The summed E-state index contributed by atoms with van der Waals surface area (Å²) in [5.41, 5.74) is 1.48. The van der Waals surface area contributed by atoms with Crippen molar-refractivity contribution in [3.8, 4) is 11.9 Å². The Morgan fingerprint density at radius 3 is 2.58 bits per heavy atom. The summed E-state index contributed by atoms with van der Waals surface area (Å²) in [4.78, 5) is 8.96.